The predicted molar refractivity (Wildman–Crippen MR) is 89.0 cm³/mol. The Morgan fingerprint density at radius 3 is 2.95 bits per heavy atom. The molecule has 1 aliphatic heterocycles. The van der Waals surface area contributed by atoms with Gasteiger partial charge in [-0.1, -0.05) is 13.3 Å². The van der Waals surface area contributed by atoms with E-state index in [4.69, 9.17) is 10.5 Å². The van der Waals surface area contributed by atoms with Crippen molar-refractivity contribution in [2.45, 2.75) is 46.1 Å². The fraction of sp³-hybridized carbons (Fsp3) is 0.533. The van der Waals surface area contributed by atoms with Crippen LogP contribution in [0.2, 0.25) is 0 Å². The van der Waals surface area contributed by atoms with Gasteiger partial charge in [0.05, 0.1) is 18.3 Å². The lowest BCUT2D eigenvalue weighted by molar-refractivity contribution is 0.168. The second kappa shape index (κ2) is 7.11. The second-order valence-electron chi connectivity index (χ2n) is 5.21. The first-order valence-electron chi connectivity index (χ1n) is 7.63. The number of amides is 1. The molecule has 0 saturated heterocycles. The van der Waals surface area contributed by atoms with Crippen molar-refractivity contribution in [1.29, 1.82) is 0 Å². The van der Waals surface area contributed by atoms with Gasteiger partial charge < -0.3 is 15.8 Å². The first kappa shape index (κ1) is 16.1. The average Bonchev–Trinajstić information content (AvgIpc) is 2.45. The number of carbonyl (C=O) groups excluding carboxylic acids is 1. The van der Waals surface area contributed by atoms with E-state index in [9.17, 15) is 4.79 Å². The van der Waals surface area contributed by atoms with Gasteiger partial charge in [0.2, 0.25) is 0 Å². The van der Waals surface area contributed by atoms with Crippen LogP contribution in [0.5, 0.6) is 0 Å². The van der Waals surface area contributed by atoms with Crippen LogP contribution < -0.4 is 16.4 Å². The molecule has 0 bridgehead atoms. The molecule has 120 valence electrons. The number of nitrogens with zero attached hydrogens (tertiary/aromatic N) is 2. The summed E-state index contributed by atoms with van der Waals surface area (Å²) < 4.78 is 4.83. The molecule has 1 aromatic rings. The Morgan fingerprint density at radius 1 is 1.50 bits per heavy atom. The molecule has 0 aliphatic carbocycles. The number of fused-ring (bicyclic) bond motifs is 1. The van der Waals surface area contributed by atoms with Gasteiger partial charge in [0, 0.05) is 11.8 Å². The molecule has 2 rings (SSSR count). The van der Waals surface area contributed by atoms with Crippen LogP contribution in [-0.4, -0.2) is 29.4 Å². The minimum atomic E-state index is -0.551. The first-order valence-corrected chi connectivity index (χ1v) is 7.63. The van der Waals surface area contributed by atoms with E-state index >= 15 is 0 Å². The predicted octanol–water partition coefficient (Wildman–Crippen LogP) is 3.31. The first-order chi connectivity index (χ1) is 10.5. The van der Waals surface area contributed by atoms with E-state index < -0.39 is 6.09 Å². The number of aromatic nitrogens is 1. The molecule has 0 spiro atoms. The quantitative estimate of drug-likeness (QED) is 0.774. The SMILES string of the molecule is CCCCC1=Nc2c(cc(NC(=O)OCC)nc2N)NC1C. The molecule has 1 aromatic heterocycles. The number of carbonyl (C=O) groups is 1. The number of nitrogens with one attached hydrogen (secondary N) is 2. The molecule has 7 heteroatoms. The largest absolute Gasteiger partial charge is 0.450 e. The van der Waals surface area contributed by atoms with Gasteiger partial charge in [0.1, 0.15) is 11.5 Å². The monoisotopic (exact) mass is 305 g/mol. The molecule has 4 N–H and O–H groups in total. The number of aliphatic imine (C=N–C) groups is 1. The van der Waals surface area contributed by atoms with Crippen molar-refractivity contribution < 1.29 is 9.53 Å². The van der Waals surface area contributed by atoms with Crippen molar-refractivity contribution in [1.82, 2.24) is 4.98 Å². The Labute approximate surface area is 130 Å². The highest BCUT2D eigenvalue weighted by molar-refractivity contribution is 6.00. The minimum absolute atomic E-state index is 0.135. The molecule has 1 amide bonds. The number of nitrogen functional groups attached to an aromatic ring is 1. The summed E-state index contributed by atoms with van der Waals surface area (Å²) in [5.74, 6) is 0.638. The normalized spacial score (nSPS) is 16.3. The molecule has 2 heterocycles. The molecule has 7 nitrogen and oxygen atoms in total. The lowest BCUT2D eigenvalue weighted by atomic mass is 10.0. The third-order valence-corrected chi connectivity index (χ3v) is 3.44. The molecular formula is C15H23N5O2. The Morgan fingerprint density at radius 2 is 2.27 bits per heavy atom. The topological polar surface area (TPSA) is 102 Å². The zero-order chi connectivity index (χ0) is 16.1. The average molecular weight is 305 g/mol. The highest BCUT2D eigenvalue weighted by Crippen LogP contribution is 2.36. The van der Waals surface area contributed by atoms with Gasteiger partial charge in [-0.2, -0.15) is 0 Å². The summed E-state index contributed by atoms with van der Waals surface area (Å²) in [5, 5.41) is 5.92. The zero-order valence-electron chi connectivity index (χ0n) is 13.3. The number of nitrogens with two attached hydrogens (primary N) is 1. The zero-order valence-corrected chi connectivity index (χ0v) is 13.3. The number of unbranched alkanes of at least 4 members (excludes halogenated alkanes) is 1. The standard InChI is InChI=1S/C15H23N5O2/c1-4-6-7-10-9(3)17-11-8-12(20-15(21)22-5-2)19-14(16)13(11)18-10/h8-9,17H,4-7H2,1-3H3,(H3,16,19,20,21). The van der Waals surface area contributed by atoms with Crippen molar-refractivity contribution in [2.75, 3.05) is 23.0 Å². The summed E-state index contributed by atoms with van der Waals surface area (Å²) in [6.07, 6.45) is 2.60. The fourth-order valence-electron chi connectivity index (χ4n) is 2.31. The summed E-state index contributed by atoms with van der Waals surface area (Å²) in [5.41, 5.74) is 8.46. The van der Waals surface area contributed by atoms with E-state index in [-0.39, 0.29) is 11.9 Å². The lowest BCUT2D eigenvalue weighted by Gasteiger charge is -2.25. The molecule has 0 fully saturated rings. The van der Waals surface area contributed by atoms with Crippen LogP contribution in [0.4, 0.5) is 27.8 Å². The molecular weight excluding hydrogens is 282 g/mol. The highest BCUT2D eigenvalue weighted by Gasteiger charge is 2.21. The van der Waals surface area contributed by atoms with Crippen molar-refractivity contribution >= 4 is 34.8 Å². The van der Waals surface area contributed by atoms with Gasteiger partial charge in [-0.25, -0.2) is 14.8 Å². The van der Waals surface area contributed by atoms with E-state index in [1.807, 2.05) is 0 Å². The van der Waals surface area contributed by atoms with Crippen molar-refractivity contribution in [3.05, 3.63) is 6.07 Å². The number of anilines is 3. The van der Waals surface area contributed by atoms with Crippen molar-refractivity contribution in [3.8, 4) is 0 Å². The van der Waals surface area contributed by atoms with Gasteiger partial charge in [0.25, 0.3) is 0 Å². The fourth-order valence-corrected chi connectivity index (χ4v) is 2.31. The number of pyridine rings is 1. The van der Waals surface area contributed by atoms with Crippen LogP contribution in [0.15, 0.2) is 11.1 Å². The van der Waals surface area contributed by atoms with Crippen molar-refractivity contribution in [2.24, 2.45) is 4.99 Å². The highest BCUT2D eigenvalue weighted by atomic mass is 16.5. The number of rotatable bonds is 5. The summed E-state index contributed by atoms with van der Waals surface area (Å²) in [4.78, 5) is 20.3. The minimum Gasteiger partial charge on any atom is -0.450 e. The van der Waals surface area contributed by atoms with E-state index in [0.29, 0.717) is 18.1 Å². The van der Waals surface area contributed by atoms with Crippen LogP contribution in [0.3, 0.4) is 0 Å². The number of hydrogen-bond acceptors (Lipinski definition) is 6. The van der Waals surface area contributed by atoms with Crippen LogP contribution in [0.25, 0.3) is 0 Å². The molecule has 0 radical (unpaired) electrons. The smallest absolute Gasteiger partial charge is 0.412 e. The molecule has 0 saturated carbocycles. The van der Waals surface area contributed by atoms with E-state index in [1.165, 1.54) is 0 Å². The Balaban J connectivity index is 2.24. The van der Waals surface area contributed by atoms with Crippen molar-refractivity contribution in [3.63, 3.8) is 0 Å². The number of ether oxygens (including phenoxy) is 1. The molecule has 22 heavy (non-hydrogen) atoms. The maximum Gasteiger partial charge on any atom is 0.412 e. The molecule has 0 aromatic carbocycles. The summed E-state index contributed by atoms with van der Waals surface area (Å²) in [6, 6.07) is 1.86. The second-order valence-corrected chi connectivity index (χ2v) is 5.21. The van der Waals surface area contributed by atoms with Crippen LogP contribution >= 0.6 is 0 Å². The third kappa shape index (κ3) is 3.66. The van der Waals surface area contributed by atoms with E-state index in [1.54, 1.807) is 13.0 Å². The van der Waals surface area contributed by atoms with E-state index in [0.717, 1.165) is 30.7 Å². The van der Waals surface area contributed by atoms with Gasteiger partial charge >= 0.3 is 6.09 Å². The molecule has 1 unspecified atom stereocenters. The Hall–Kier alpha value is -2.31. The van der Waals surface area contributed by atoms with Crippen LogP contribution in [0, 0.1) is 0 Å². The van der Waals surface area contributed by atoms with Gasteiger partial charge in [-0.15, -0.1) is 0 Å². The van der Waals surface area contributed by atoms with Gasteiger partial charge in [0.15, 0.2) is 5.82 Å². The van der Waals surface area contributed by atoms with Crippen LogP contribution in [-0.2, 0) is 4.74 Å². The maximum atomic E-state index is 11.5. The maximum absolute atomic E-state index is 11.5. The summed E-state index contributed by atoms with van der Waals surface area (Å²) in [6.45, 7) is 6.25. The Kier molecular flexibility index (Phi) is 5.19. The van der Waals surface area contributed by atoms with Crippen LogP contribution in [0.1, 0.15) is 40.0 Å². The Bertz CT molecular complexity index is 586. The lowest BCUT2D eigenvalue weighted by Crippen LogP contribution is -2.29. The van der Waals surface area contributed by atoms with E-state index in [2.05, 4.69) is 34.5 Å². The molecule has 1 aliphatic rings. The molecule has 1 atom stereocenters. The third-order valence-electron chi connectivity index (χ3n) is 3.44. The summed E-state index contributed by atoms with van der Waals surface area (Å²) in [7, 11) is 0. The summed E-state index contributed by atoms with van der Waals surface area (Å²) >= 11 is 0. The number of hydrogen-bond donors (Lipinski definition) is 3. The van der Waals surface area contributed by atoms with Gasteiger partial charge in [-0.3, -0.25) is 5.32 Å². The van der Waals surface area contributed by atoms with Gasteiger partial charge in [-0.05, 0) is 26.7 Å².